The van der Waals surface area contributed by atoms with E-state index in [1.165, 1.54) is 57.9 Å². The van der Waals surface area contributed by atoms with Crippen LogP contribution in [0.5, 0.6) is 5.75 Å². The monoisotopic (exact) mass is 594 g/mol. The summed E-state index contributed by atoms with van der Waals surface area (Å²) in [4.78, 5) is 0. The summed E-state index contributed by atoms with van der Waals surface area (Å²) in [7, 11) is -1.86. The summed E-state index contributed by atoms with van der Waals surface area (Å²) < 4.78 is 58.1. The van der Waals surface area contributed by atoms with Gasteiger partial charge in [-0.1, -0.05) is 0 Å². The number of alkyl halides is 3. The van der Waals surface area contributed by atoms with Crippen molar-refractivity contribution < 1.29 is 22.3 Å². The van der Waals surface area contributed by atoms with Crippen molar-refractivity contribution in [3.63, 3.8) is 0 Å². The van der Waals surface area contributed by atoms with Gasteiger partial charge in [-0.15, -0.1) is 0 Å². The number of ether oxygens (including phenoxy) is 1. The van der Waals surface area contributed by atoms with E-state index < -0.39 is 38.4 Å². The third-order valence-corrected chi connectivity index (χ3v) is 21.0. The van der Waals surface area contributed by atoms with Gasteiger partial charge >= 0.3 is 206 Å². The van der Waals surface area contributed by atoms with Crippen LogP contribution in [0.3, 0.4) is 0 Å². The van der Waals surface area contributed by atoms with Crippen LogP contribution < -0.4 is 4.74 Å². The predicted octanol–water partition coefficient (Wildman–Crippen LogP) is 9.25. The van der Waals surface area contributed by atoms with Gasteiger partial charge in [0.25, 0.3) is 0 Å². The molecule has 0 spiro atoms. The third-order valence-electron chi connectivity index (χ3n) is 5.83. The second-order valence-corrected chi connectivity index (χ2v) is 27.6. The SMILES string of the molecule is CCC[CH2][Sn](/[CH]=C/C(COc1cccc(C(F)(F)F)c1)O[Si](C)(C)C)([CH2]CCC)[CH2]CCC. The number of hydrogen-bond acceptors (Lipinski definition) is 2. The van der Waals surface area contributed by atoms with E-state index in [9.17, 15) is 13.2 Å². The number of halogens is 3. The quantitative estimate of drug-likeness (QED) is 0.178. The van der Waals surface area contributed by atoms with E-state index in [1.54, 1.807) is 6.07 Å². The van der Waals surface area contributed by atoms with Gasteiger partial charge in [-0.05, 0) is 0 Å². The predicted molar refractivity (Wildman–Crippen MR) is 139 cm³/mol. The van der Waals surface area contributed by atoms with Gasteiger partial charge in [0, 0.05) is 0 Å². The van der Waals surface area contributed by atoms with E-state index in [-0.39, 0.29) is 18.5 Å². The van der Waals surface area contributed by atoms with E-state index in [1.807, 2.05) is 0 Å². The Morgan fingerprint density at radius 1 is 0.939 bits per heavy atom. The van der Waals surface area contributed by atoms with Gasteiger partial charge in [0.15, 0.2) is 0 Å². The topological polar surface area (TPSA) is 18.5 Å². The molecule has 0 saturated heterocycles. The van der Waals surface area contributed by atoms with Crippen LogP contribution in [-0.4, -0.2) is 39.4 Å². The molecule has 190 valence electrons. The summed E-state index contributed by atoms with van der Waals surface area (Å²) in [6.07, 6.45) is 5.14. The Bertz CT molecular complexity index is 680. The molecular weight excluding hydrogens is 548 g/mol. The molecule has 0 saturated carbocycles. The molecule has 0 radical (unpaired) electrons. The number of rotatable bonds is 16. The number of unbranched alkanes of at least 4 members (excludes halogenated alkanes) is 3. The Morgan fingerprint density at radius 3 is 1.94 bits per heavy atom. The van der Waals surface area contributed by atoms with Crippen LogP contribution in [0.2, 0.25) is 33.0 Å². The molecule has 1 aromatic carbocycles. The van der Waals surface area contributed by atoms with Gasteiger partial charge in [-0.2, -0.15) is 0 Å². The summed E-state index contributed by atoms with van der Waals surface area (Å²) >= 11 is -2.48. The average Bonchev–Trinajstić information content (AvgIpc) is 2.75. The normalized spacial score (nSPS) is 14.1. The molecule has 0 amide bonds. The molecule has 0 aromatic heterocycles. The second kappa shape index (κ2) is 14.8. The van der Waals surface area contributed by atoms with E-state index in [2.05, 4.69) is 50.6 Å². The molecular formula is C26H45F3O2SiSn. The van der Waals surface area contributed by atoms with Crippen molar-refractivity contribution in [1.82, 2.24) is 0 Å². The zero-order chi connectivity index (χ0) is 25.0. The van der Waals surface area contributed by atoms with Gasteiger partial charge in [0.1, 0.15) is 0 Å². The van der Waals surface area contributed by atoms with Crippen molar-refractivity contribution in [3.8, 4) is 5.75 Å². The molecule has 1 unspecified atom stereocenters. The first kappa shape index (κ1) is 30.6. The summed E-state index contributed by atoms with van der Waals surface area (Å²) in [6, 6.07) is 5.12. The molecule has 1 rings (SSSR count). The third kappa shape index (κ3) is 12.7. The van der Waals surface area contributed by atoms with Crippen LogP contribution in [0.1, 0.15) is 64.9 Å². The van der Waals surface area contributed by atoms with Crippen LogP contribution >= 0.6 is 0 Å². The summed E-state index contributed by atoms with van der Waals surface area (Å²) in [6.45, 7) is 13.4. The Morgan fingerprint density at radius 2 is 1.48 bits per heavy atom. The van der Waals surface area contributed by atoms with Crippen molar-refractivity contribution in [1.29, 1.82) is 0 Å². The number of benzene rings is 1. The minimum atomic E-state index is -4.38. The number of hydrogen-bond donors (Lipinski definition) is 0. The minimum absolute atomic E-state index is 0.229. The summed E-state index contributed by atoms with van der Waals surface area (Å²) in [5.74, 6) is 0.236. The molecule has 0 bridgehead atoms. The van der Waals surface area contributed by atoms with Crippen LogP contribution in [0.4, 0.5) is 13.2 Å². The summed E-state index contributed by atoms with van der Waals surface area (Å²) in [5.41, 5.74) is -0.688. The van der Waals surface area contributed by atoms with Crippen LogP contribution in [0.25, 0.3) is 0 Å². The van der Waals surface area contributed by atoms with E-state index in [0.717, 1.165) is 12.1 Å². The van der Waals surface area contributed by atoms with Gasteiger partial charge in [-0.3, -0.25) is 0 Å². The maximum absolute atomic E-state index is 13.1. The molecule has 0 N–H and O–H groups in total. The van der Waals surface area contributed by atoms with E-state index >= 15 is 0 Å². The first-order chi connectivity index (χ1) is 15.4. The van der Waals surface area contributed by atoms with Gasteiger partial charge in [-0.25, -0.2) is 0 Å². The fourth-order valence-electron chi connectivity index (χ4n) is 4.05. The molecule has 0 aliphatic rings. The Labute approximate surface area is 205 Å². The first-order valence-corrected chi connectivity index (χ1v) is 23.7. The second-order valence-electron chi connectivity index (χ2n) is 10.1. The fraction of sp³-hybridized carbons (Fsp3) is 0.692. The Hall–Kier alpha value is -0.474. The van der Waals surface area contributed by atoms with Crippen molar-refractivity contribution in [2.24, 2.45) is 0 Å². The maximum atomic E-state index is 13.1. The van der Waals surface area contributed by atoms with Crippen molar-refractivity contribution in [2.75, 3.05) is 6.61 Å². The molecule has 1 atom stereocenters. The molecule has 0 aliphatic heterocycles. The fourth-order valence-corrected chi connectivity index (χ4v) is 19.5. The summed E-state index contributed by atoms with van der Waals surface area (Å²) in [5, 5.41) is 0. The van der Waals surface area contributed by atoms with Gasteiger partial charge < -0.3 is 0 Å². The molecule has 33 heavy (non-hydrogen) atoms. The molecule has 7 heteroatoms. The Balaban J connectivity index is 3.09. The molecule has 0 aliphatic carbocycles. The molecule has 0 fully saturated rings. The van der Waals surface area contributed by atoms with E-state index in [4.69, 9.17) is 9.16 Å². The van der Waals surface area contributed by atoms with Gasteiger partial charge in [0.2, 0.25) is 0 Å². The van der Waals surface area contributed by atoms with Crippen LogP contribution in [0.15, 0.2) is 34.4 Å². The van der Waals surface area contributed by atoms with Crippen molar-refractivity contribution in [3.05, 3.63) is 40.0 Å². The molecule has 1 aromatic rings. The van der Waals surface area contributed by atoms with E-state index in [0.29, 0.717) is 0 Å². The first-order valence-electron chi connectivity index (χ1n) is 12.6. The molecule has 0 heterocycles. The van der Waals surface area contributed by atoms with Crippen LogP contribution in [0, 0.1) is 0 Å². The zero-order valence-electron chi connectivity index (χ0n) is 21.6. The zero-order valence-corrected chi connectivity index (χ0v) is 25.4. The Kier molecular flexibility index (Phi) is 13.7. The average molecular weight is 593 g/mol. The van der Waals surface area contributed by atoms with Crippen molar-refractivity contribution >= 4 is 26.7 Å². The molecule has 2 nitrogen and oxygen atoms in total. The van der Waals surface area contributed by atoms with Crippen LogP contribution in [-0.2, 0) is 10.6 Å². The standard InChI is InChI=1S/C14H18F3O2Si.3C4H9.Sn/c1-5-12(19-20(2,3)4)10-18-13-8-6-7-11(9-13)14(15,16)17;3*1-3-4-2;/h1,5-9,12H,10H2,2-4H3;3*1,3-4H2,2H3;. The van der Waals surface area contributed by atoms with Crippen molar-refractivity contribution in [2.45, 2.75) is 105 Å². The van der Waals surface area contributed by atoms with Gasteiger partial charge in [0.05, 0.1) is 0 Å².